The zero-order valence-corrected chi connectivity index (χ0v) is 11.8. The Hall–Kier alpha value is -2.12. The molecular formula is C14H16F3N3O2. The van der Waals surface area contributed by atoms with Gasteiger partial charge in [0.15, 0.2) is 0 Å². The summed E-state index contributed by atoms with van der Waals surface area (Å²) in [6.07, 6.45) is -1.63. The average Bonchev–Trinajstić information content (AvgIpc) is 2.46. The molecule has 2 heterocycles. The quantitative estimate of drug-likeness (QED) is 0.915. The summed E-state index contributed by atoms with van der Waals surface area (Å²) in [5.74, 6) is -1.38. The van der Waals surface area contributed by atoms with Crippen molar-refractivity contribution in [1.82, 2.24) is 9.88 Å². The van der Waals surface area contributed by atoms with E-state index < -0.39 is 35.9 Å². The molecule has 22 heavy (non-hydrogen) atoms. The summed E-state index contributed by atoms with van der Waals surface area (Å²) in [5.41, 5.74) is 4.20. The lowest BCUT2D eigenvalue weighted by Gasteiger charge is -2.31. The van der Waals surface area contributed by atoms with Crippen LogP contribution in [0.25, 0.3) is 0 Å². The van der Waals surface area contributed by atoms with E-state index in [0.717, 1.165) is 18.5 Å². The molecule has 1 saturated heterocycles. The van der Waals surface area contributed by atoms with Gasteiger partial charge >= 0.3 is 6.18 Å². The number of nitrogens with zero attached hydrogens (tertiary/aromatic N) is 2. The van der Waals surface area contributed by atoms with Crippen molar-refractivity contribution in [2.24, 2.45) is 11.7 Å². The lowest BCUT2D eigenvalue weighted by Crippen LogP contribution is -2.44. The van der Waals surface area contributed by atoms with Crippen LogP contribution in [0.15, 0.2) is 18.5 Å². The van der Waals surface area contributed by atoms with E-state index in [1.165, 1.54) is 4.90 Å². The van der Waals surface area contributed by atoms with Gasteiger partial charge in [-0.05, 0) is 24.5 Å². The van der Waals surface area contributed by atoms with E-state index in [0.29, 0.717) is 19.4 Å². The van der Waals surface area contributed by atoms with Gasteiger partial charge in [0.25, 0.3) is 0 Å². The van der Waals surface area contributed by atoms with E-state index in [9.17, 15) is 22.8 Å². The molecule has 2 rings (SSSR count). The van der Waals surface area contributed by atoms with Crippen LogP contribution in [0, 0.1) is 5.92 Å². The molecule has 1 fully saturated rings. The summed E-state index contributed by atoms with van der Waals surface area (Å²) >= 11 is 0. The number of hydrogen-bond acceptors (Lipinski definition) is 3. The van der Waals surface area contributed by atoms with Gasteiger partial charge in [0.2, 0.25) is 11.8 Å². The molecule has 2 amide bonds. The third-order valence-corrected chi connectivity index (χ3v) is 3.73. The first-order valence-electron chi connectivity index (χ1n) is 6.86. The third kappa shape index (κ3) is 3.75. The molecule has 0 radical (unpaired) electrons. The van der Waals surface area contributed by atoms with Gasteiger partial charge in [-0.15, -0.1) is 0 Å². The minimum atomic E-state index is -4.53. The van der Waals surface area contributed by atoms with Crippen LogP contribution >= 0.6 is 0 Å². The van der Waals surface area contributed by atoms with Crippen molar-refractivity contribution in [2.75, 3.05) is 13.1 Å². The number of hydrogen-bond donors (Lipinski definition) is 1. The predicted molar refractivity (Wildman–Crippen MR) is 71.4 cm³/mol. The fourth-order valence-corrected chi connectivity index (χ4v) is 2.56. The Morgan fingerprint density at radius 1 is 1.41 bits per heavy atom. The third-order valence-electron chi connectivity index (χ3n) is 3.73. The lowest BCUT2D eigenvalue weighted by atomic mass is 9.96. The highest BCUT2D eigenvalue weighted by Crippen LogP contribution is 2.32. The second kappa shape index (κ2) is 6.33. The van der Waals surface area contributed by atoms with Crippen molar-refractivity contribution in [3.63, 3.8) is 0 Å². The standard InChI is InChI=1S/C14H16F3N3O2/c15-14(16,17)11-3-4-19-7-10(11)6-12(21)20-5-1-2-9(8-20)13(18)22/h3-4,7,9H,1-2,5-6,8H2,(H2,18,22)/t9-/m0/s1. The minimum Gasteiger partial charge on any atom is -0.369 e. The largest absolute Gasteiger partial charge is 0.416 e. The zero-order chi connectivity index (χ0) is 16.3. The number of likely N-dealkylation sites (tertiary alicyclic amines) is 1. The topological polar surface area (TPSA) is 76.3 Å². The number of alkyl halides is 3. The number of pyridine rings is 1. The minimum absolute atomic E-state index is 0.162. The number of nitrogens with two attached hydrogens (primary N) is 1. The van der Waals surface area contributed by atoms with Crippen molar-refractivity contribution >= 4 is 11.8 Å². The lowest BCUT2D eigenvalue weighted by molar-refractivity contribution is -0.139. The second-order valence-corrected chi connectivity index (χ2v) is 5.29. The van der Waals surface area contributed by atoms with E-state index in [1.54, 1.807) is 0 Å². The molecule has 1 atom stereocenters. The van der Waals surface area contributed by atoms with Gasteiger partial charge in [-0.2, -0.15) is 13.2 Å². The van der Waals surface area contributed by atoms with Crippen molar-refractivity contribution in [3.05, 3.63) is 29.6 Å². The van der Waals surface area contributed by atoms with Crippen LogP contribution in [0.3, 0.4) is 0 Å². The smallest absolute Gasteiger partial charge is 0.369 e. The summed E-state index contributed by atoms with van der Waals surface area (Å²) in [4.78, 5) is 28.4. The first-order valence-corrected chi connectivity index (χ1v) is 6.86. The number of rotatable bonds is 3. The van der Waals surface area contributed by atoms with Gasteiger partial charge < -0.3 is 10.6 Å². The molecule has 0 aliphatic carbocycles. The molecule has 8 heteroatoms. The van der Waals surface area contributed by atoms with Crippen molar-refractivity contribution in [3.8, 4) is 0 Å². The summed E-state index contributed by atoms with van der Waals surface area (Å²) < 4.78 is 38.7. The molecule has 0 unspecified atom stereocenters. The molecule has 0 aromatic carbocycles. The molecule has 1 aromatic heterocycles. The van der Waals surface area contributed by atoms with Crippen molar-refractivity contribution in [2.45, 2.75) is 25.4 Å². The maximum absolute atomic E-state index is 12.9. The Morgan fingerprint density at radius 2 is 2.14 bits per heavy atom. The number of primary amides is 1. The molecule has 0 bridgehead atoms. The monoisotopic (exact) mass is 315 g/mol. The second-order valence-electron chi connectivity index (χ2n) is 5.29. The number of piperidine rings is 1. The van der Waals surface area contributed by atoms with Crippen LogP contribution in [0.5, 0.6) is 0 Å². The highest BCUT2D eigenvalue weighted by atomic mass is 19.4. The Kier molecular flexibility index (Phi) is 4.68. The van der Waals surface area contributed by atoms with Crippen LogP contribution in [-0.4, -0.2) is 34.8 Å². The van der Waals surface area contributed by atoms with Crippen LogP contribution in [0.2, 0.25) is 0 Å². The predicted octanol–water partition coefficient (Wildman–Crippen LogP) is 1.37. The Bertz CT molecular complexity index is 575. The molecule has 0 saturated carbocycles. The summed E-state index contributed by atoms with van der Waals surface area (Å²) in [5, 5.41) is 0. The van der Waals surface area contributed by atoms with Crippen LogP contribution < -0.4 is 5.73 Å². The normalized spacial score (nSPS) is 19.0. The number of halogens is 3. The SMILES string of the molecule is NC(=O)[C@H]1CCCN(C(=O)Cc2cnccc2C(F)(F)F)C1. The van der Waals surface area contributed by atoms with Gasteiger partial charge in [0.1, 0.15) is 0 Å². The molecular weight excluding hydrogens is 299 g/mol. The summed E-state index contributed by atoms with van der Waals surface area (Å²) in [6, 6.07) is 0.852. The average molecular weight is 315 g/mol. The van der Waals surface area contributed by atoms with E-state index >= 15 is 0 Å². The first kappa shape index (κ1) is 16.3. The molecule has 5 nitrogen and oxygen atoms in total. The number of aromatic nitrogens is 1. The van der Waals surface area contributed by atoms with E-state index in [-0.39, 0.29) is 12.1 Å². The molecule has 1 aromatic rings. The maximum Gasteiger partial charge on any atom is 0.416 e. The first-order chi connectivity index (χ1) is 10.3. The van der Waals surface area contributed by atoms with Gasteiger partial charge in [0, 0.05) is 25.5 Å². The maximum atomic E-state index is 12.9. The van der Waals surface area contributed by atoms with Crippen molar-refractivity contribution in [1.29, 1.82) is 0 Å². The van der Waals surface area contributed by atoms with E-state index in [4.69, 9.17) is 5.73 Å². The van der Waals surface area contributed by atoms with Crippen LogP contribution in [0.1, 0.15) is 24.0 Å². The van der Waals surface area contributed by atoms with E-state index in [2.05, 4.69) is 4.98 Å². The van der Waals surface area contributed by atoms with Crippen molar-refractivity contribution < 1.29 is 22.8 Å². The number of carbonyl (C=O) groups is 2. The molecule has 120 valence electrons. The van der Waals surface area contributed by atoms with Gasteiger partial charge in [-0.1, -0.05) is 0 Å². The van der Waals surface area contributed by atoms with Gasteiger partial charge in [0.05, 0.1) is 17.9 Å². The van der Waals surface area contributed by atoms with E-state index in [1.807, 2.05) is 0 Å². The van der Waals surface area contributed by atoms with Gasteiger partial charge in [-0.3, -0.25) is 14.6 Å². The fraction of sp³-hybridized carbons (Fsp3) is 0.500. The molecule has 0 spiro atoms. The highest BCUT2D eigenvalue weighted by molar-refractivity contribution is 5.81. The number of amides is 2. The number of carbonyl (C=O) groups excluding carboxylic acids is 2. The zero-order valence-electron chi connectivity index (χ0n) is 11.8. The molecule has 2 N–H and O–H groups in total. The molecule has 1 aliphatic heterocycles. The molecule has 1 aliphatic rings. The Balaban J connectivity index is 2.11. The van der Waals surface area contributed by atoms with Crippen LogP contribution in [-0.2, 0) is 22.2 Å². The summed E-state index contributed by atoms with van der Waals surface area (Å²) in [7, 11) is 0. The summed E-state index contributed by atoms with van der Waals surface area (Å²) in [6.45, 7) is 0.583. The Labute approximate surface area is 125 Å². The Morgan fingerprint density at radius 3 is 2.77 bits per heavy atom. The van der Waals surface area contributed by atoms with Gasteiger partial charge in [-0.25, -0.2) is 0 Å². The fourth-order valence-electron chi connectivity index (χ4n) is 2.56. The van der Waals surface area contributed by atoms with Crippen LogP contribution in [0.4, 0.5) is 13.2 Å². The highest BCUT2D eigenvalue weighted by Gasteiger charge is 2.34.